The molecule has 10 heavy (non-hydrogen) atoms. The average Bonchev–Trinajstić information content (AvgIpc) is 2.31. The normalized spacial score (nSPS) is 16.6. The Balaban J connectivity index is 2.35. The van der Waals surface area contributed by atoms with Gasteiger partial charge in [-0.1, -0.05) is 0 Å². The van der Waals surface area contributed by atoms with Crippen LogP contribution in [0.4, 0.5) is 0 Å². The van der Waals surface area contributed by atoms with E-state index in [1.807, 2.05) is 0 Å². The van der Waals surface area contributed by atoms with Crippen molar-refractivity contribution in [2.75, 3.05) is 6.61 Å². The minimum atomic E-state index is -0.806. The van der Waals surface area contributed by atoms with Crippen LogP contribution in [0.5, 0.6) is 0 Å². The van der Waals surface area contributed by atoms with Crippen molar-refractivity contribution in [3.8, 4) is 0 Å². The van der Waals surface area contributed by atoms with Gasteiger partial charge >= 0.3 is 74.1 Å². The summed E-state index contributed by atoms with van der Waals surface area (Å²) in [5.74, 6) is 0. The van der Waals surface area contributed by atoms with Crippen molar-refractivity contribution in [2.45, 2.75) is 20.3 Å². The van der Waals surface area contributed by atoms with E-state index in [4.69, 9.17) is 2.85 Å². The van der Waals surface area contributed by atoms with Crippen LogP contribution in [0.15, 0.2) is 21.1 Å². The molecule has 54 valence electrons. The molecule has 0 bridgehead atoms. The summed E-state index contributed by atoms with van der Waals surface area (Å²) in [7, 11) is 0. The standard InChI is InChI=1S/C6H7.C2H5O.Hf/c1-6-4-2-3-5-6;1-2-3;/h2,4H,3H2,1H3;2H2,1H3;/q;-1;+1. The molecule has 0 aliphatic heterocycles. The molecule has 0 amide bonds. The number of allylic oxidation sites excluding steroid dienone is 4. The third kappa shape index (κ3) is 2.17. The quantitative estimate of drug-likeness (QED) is 0.727. The summed E-state index contributed by atoms with van der Waals surface area (Å²) in [6.45, 7) is 5.16. The van der Waals surface area contributed by atoms with E-state index in [9.17, 15) is 0 Å². The monoisotopic (exact) mass is 304 g/mol. The van der Waals surface area contributed by atoms with Crippen LogP contribution in [0.1, 0.15) is 20.3 Å². The number of rotatable bonds is 3. The van der Waals surface area contributed by atoms with Crippen LogP contribution < -0.4 is 0 Å². The fourth-order valence-electron chi connectivity index (χ4n) is 0.897. The average molecular weight is 303 g/mol. The van der Waals surface area contributed by atoms with E-state index in [-0.39, 0.29) is 0 Å². The molecular weight excluding hydrogens is 291 g/mol. The van der Waals surface area contributed by atoms with Crippen LogP contribution in [0, 0.1) is 0 Å². The molecule has 0 atom stereocenters. The molecule has 0 radical (unpaired) electrons. The van der Waals surface area contributed by atoms with E-state index < -0.39 is 23.3 Å². The zero-order chi connectivity index (χ0) is 7.40. The Morgan fingerprint density at radius 3 is 3.00 bits per heavy atom. The summed E-state index contributed by atoms with van der Waals surface area (Å²) in [4.78, 5) is 0. The Hall–Kier alpha value is 0.310. The fourth-order valence-corrected chi connectivity index (χ4v) is 3.64. The van der Waals surface area contributed by atoms with Crippen molar-refractivity contribution in [1.29, 1.82) is 0 Å². The zero-order valence-electron chi connectivity index (χ0n) is 6.48. The molecule has 0 spiro atoms. The topological polar surface area (TPSA) is 9.23 Å². The number of hydrogen-bond donors (Lipinski definition) is 0. The molecule has 0 N–H and O–H groups in total. The van der Waals surface area contributed by atoms with Gasteiger partial charge in [-0.25, -0.2) is 0 Å². The third-order valence-electron chi connectivity index (χ3n) is 1.51. The molecule has 0 aromatic carbocycles. The van der Waals surface area contributed by atoms with E-state index >= 15 is 0 Å². The van der Waals surface area contributed by atoms with Crippen molar-refractivity contribution in [3.63, 3.8) is 0 Å². The maximum absolute atomic E-state index is 5.48. The fraction of sp³-hybridized carbons (Fsp3) is 0.500. The Morgan fingerprint density at radius 1 is 1.70 bits per heavy atom. The van der Waals surface area contributed by atoms with E-state index in [1.165, 1.54) is 12.0 Å². The summed E-state index contributed by atoms with van der Waals surface area (Å²) < 4.78 is 7.11. The van der Waals surface area contributed by atoms with E-state index in [0.29, 0.717) is 0 Å². The van der Waals surface area contributed by atoms with Gasteiger partial charge in [0.15, 0.2) is 0 Å². The van der Waals surface area contributed by atoms with E-state index in [1.54, 1.807) is 3.33 Å². The van der Waals surface area contributed by atoms with Gasteiger partial charge in [0.1, 0.15) is 0 Å². The van der Waals surface area contributed by atoms with Gasteiger partial charge in [-0.15, -0.1) is 0 Å². The molecule has 0 saturated carbocycles. The van der Waals surface area contributed by atoms with Gasteiger partial charge in [0.25, 0.3) is 0 Å². The Morgan fingerprint density at radius 2 is 2.50 bits per heavy atom. The van der Waals surface area contributed by atoms with E-state index in [0.717, 1.165) is 6.61 Å². The summed E-state index contributed by atoms with van der Waals surface area (Å²) >= 11 is -0.806. The molecule has 1 nitrogen and oxygen atoms in total. The second-order valence-electron chi connectivity index (χ2n) is 2.30. The van der Waals surface area contributed by atoms with Crippen LogP contribution in [0.25, 0.3) is 0 Å². The van der Waals surface area contributed by atoms with Gasteiger partial charge in [-0.3, -0.25) is 0 Å². The first kappa shape index (κ1) is 8.41. The molecule has 0 aromatic heterocycles. The van der Waals surface area contributed by atoms with Gasteiger partial charge in [-0.2, -0.15) is 0 Å². The zero-order valence-corrected chi connectivity index (χ0v) is 10.1. The van der Waals surface area contributed by atoms with Crippen molar-refractivity contribution in [3.05, 3.63) is 21.1 Å². The molecule has 1 rings (SSSR count). The molecular formula is C8H12HfO. The van der Waals surface area contributed by atoms with Crippen LogP contribution in [0.3, 0.4) is 0 Å². The molecule has 1 aliphatic carbocycles. The Labute approximate surface area is 74.1 Å². The van der Waals surface area contributed by atoms with Gasteiger partial charge < -0.3 is 0 Å². The molecule has 0 fully saturated rings. The van der Waals surface area contributed by atoms with Crippen molar-refractivity contribution in [2.24, 2.45) is 0 Å². The first-order valence-electron chi connectivity index (χ1n) is 3.58. The first-order valence-corrected chi connectivity index (χ1v) is 6.85. The summed E-state index contributed by atoms with van der Waals surface area (Å²) in [6.07, 6.45) is 5.62. The van der Waals surface area contributed by atoms with Crippen LogP contribution in [0.2, 0.25) is 0 Å². The summed E-state index contributed by atoms with van der Waals surface area (Å²) in [5, 5.41) is 0. The second-order valence-corrected chi connectivity index (χ2v) is 6.24. The molecule has 0 saturated heterocycles. The van der Waals surface area contributed by atoms with E-state index in [2.05, 4.69) is 26.0 Å². The molecule has 0 heterocycles. The predicted molar refractivity (Wildman–Crippen MR) is 38.1 cm³/mol. The molecule has 0 aromatic rings. The van der Waals surface area contributed by atoms with Crippen LogP contribution in [-0.2, 0) is 26.2 Å². The SMILES string of the molecule is CC[O][Hf][C]1=C(C)C=CC1. The number of hydrogen-bond acceptors (Lipinski definition) is 1. The summed E-state index contributed by atoms with van der Waals surface area (Å²) in [6, 6.07) is 0. The Kier molecular flexibility index (Phi) is 3.57. The van der Waals surface area contributed by atoms with Gasteiger partial charge in [-0.05, 0) is 0 Å². The predicted octanol–water partition coefficient (Wildman–Crippen LogP) is 2.25. The van der Waals surface area contributed by atoms with Gasteiger partial charge in [0, 0.05) is 0 Å². The van der Waals surface area contributed by atoms with Crippen LogP contribution in [-0.4, -0.2) is 6.61 Å². The first-order chi connectivity index (χ1) is 4.84. The second kappa shape index (κ2) is 4.24. The maximum atomic E-state index is 5.48. The van der Waals surface area contributed by atoms with Crippen LogP contribution >= 0.6 is 0 Å². The summed E-state index contributed by atoms with van der Waals surface area (Å²) in [5.41, 5.74) is 1.47. The molecule has 1 aliphatic rings. The Bertz CT molecular complexity index is 170. The van der Waals surface area contributed by atoms with Crippen molar-refractivity contribution >= 4 is 0 Å². The third-order valence-corrected chi connectivity index (χ3v) is 6.10. The van der Waals surface area contributed by atoms with Crippen molar-refractivity contribution < 1.29 is 26.2 Å². The van der Waals surface area contributed by atoms with Gasteiger partial charge in [0.05, 0.1) is 0 Å². The molecule has 2 heteroatoms. The van der Waals surface area contributed by atoms with Crippen molar-refractivity contribution in [1.82, 2.24) is 0 Å². The molecule has 0 unspecified atom stereocenters. The van der Waals surface area contributed by atoms with Gasteiger partial charge in [0.2, 0.25) is 0 Å². The minimum absolute atomic E-state index is 0.806.